The summed E-state index contributed by atoms with van der Waals surface area (Å²) in [5.41, 5.74) is 6.62. The molecule has 1 aromatic carbocycles. The van der Waals surface area contributed by atoms with E-state index in [1.54, 1.807) is 0 Å². The van der Waals surface area contributed by atoms with Crippen LogP contribution < -0.4 is 5.73 Å². The van der Waals surface area contributed by atoms with Crippen molar-refractivity contribution in [3.8, 4) is 0 Å². The second-order valence-corrected chi connectivity index (χ2v) is 4.44. The normalized spacial score (nSPS) is 21.6. The Morgan fingerprint density at radius 2 is 2.24 bits per heavy atom. The van der Waals surface area contributed by atoms with Crippen molar-refractivity contribution in [2.45, 2.75) is 18.5 Å². The van der Waals surface area contributed by atoms with Gasteiger partial charge in [-0.3, -0.25) is 4.90 Å². The van der Waals surface area contributed by atoms with E-state index in [0.29, 0.717) is 12.6 Å². The number of hydrogen-bond acceptors (Lipinski definition) is 4. The number of benzene rings is 1. The Balaban J connectivity index is 1.83. The highest BCUT2D eigenvalue weighted by Gasteiger charge is 2.26. The van der Waals surface area contributed by atoms with Crippen LogP contribution in [0.15, 0.2) is 30.3 Å². The molecule has 0 amide bonds. The molecular formula is C13H18N2O2. The lowest BCUT2D eigenvalue weighted by molar-refractivity contribution is -0.148. The summed E-state index contributed by atoms with van der Waals surface area (Å²) in [5.74, 6) is -0.350. The summed E-state index contributed by atoms with van der Waals surface area (Å²) in [5, 5.41) is 0. The van der Waals surface area contributed by atoms with Gasteiger partial charge in [-0.15, -0.1) is 0 Å². The van der Waals surface area contributed by atoms with Gasteiger partial charge < -0.3 is 10.5 Å². The molecule has 2 rings (SSSR count). The first-order valence-corrected chi connectivity index (χ1v) is 5.86. The van der Waals surface area contributed by atoms with Crippen LogP contribution in [0.25, 0.3) is 0 Å². The first-order chi connectivity index (χ1) is 8.18. The molecule has 0 radical (unpaired) electrons. The number of likely N-dealkylation sites (tertiary alicyclic amines) is 1. The molecule has 0 bridgehead atoms. The predicted octanol–water partition coefficient (Wildman–Crippen LogP) is 0.934. The second kappa shape index (κ2) is 5.29. The van der Waals surface area contributed by atoms with Crippen molar-refractivity contribution in [3.05, 3.63) is 35.9 Å². The van der Waals surface area contributed by atoms with Gasteiger partial charge in [-0.2, -0.15) is 0 Å². The fourth-order valence-electron chi connectivity index (χ4n) is 1.85. The Morgan fingerprint density at radius 1 is 1.53 bits per heavy atom. The minimum Gasteiger partial charge on any atom is -0.463 e. The van der Waals surface area contributed by atoms with Crippen LogP contribution in [-0.2, 0) is 9.53 Å². The summed E-state index contributed by atoms with van der Waals surface area (Å²) in [6, 6.07) is 8.97. The molecule has 1 heterocycles. The van der Waals surface area contributed by atoms with E-state index in [2.05, 4.69) is 4.90 Å². The molecule has 1 fully saturated rings. The molecule has 1 aliphatic rings. The molecule has 1 aromatic rings. The highest BCUT2D eigenvalue weighted by molar-refractivity contribution is 5.77. The highest BCUT2D eigenvalue weighted by atomic mass is 16.5. The predicted molar refractivity (Wildman–Crippen MR) is 65.4 cm³/mol. The SMILES string of the molecule is CN1CCC1COC(=O)C(N)c1ccccc1. The molecule has 17 heavy (non-hydrogen) atoms. The van der Waals surface area contributed by atoms with Crippen molar-refractivity contribution >= 4 is 5.97 Å². The molecular weight excluding hydrogens is 216 g/mol. The molecule has 2 atom stereocenters. The lowest BCUT2D eigenvalue weighted by atomic mass is 10.1. The molecule has 1 saturated heterocycles. The van der Waals surface area contributed by atoms with Gasteiger partial charge in [-0.05, 0) is 25.6 Å². The number of esters is 1. The molecule has 0 aliphatic carbocycles. The Hall–Kier alpha value is -1.39. The summed E-state index contributed by atoms with van der Waals surface area (Å²) in [6.45, 7) is 1.52. The monoisotopic (exact) mass is 234 g/mol. The highest BCUT2D eigenvalue weighted by Crippen LogP contribution is 2.16. The van der Waals surface area contributed by atoms with Crippen molar-refractivity contribution in [2.24, 2.45) is 5.73 Å². The van der Waals surface area contributed by atoms with Gasteiger partial charge in [0.1, 0.15) is 12.6 Å². The van der Waals surface area contributed by atoms with Crippen LogP contribution in [0.1, 0.15) is 18.0 Å². The van der Waals surface area contributed by atoms with Gasteiger partial charge in [0.15, 0.2) is 0 Å². The van der Waals surface area contributed by atoms with Crippen LogP contribution in [0.3, 0.4) is 0 Å². The van der Waals surface area contributed by atoms with Gasteiger partial charge in [0.2, 0.25) is 0 Å². The van der Waals surface area contributed by atoms with E-state index in [0.717, 1.165) is 18.5 Å². The number of nitrogens with two attached hydrogens (primary N) is 1. The lowest BCUT2D eigenvalue weighted by Gasteiger charge is -2.37. The molecule has 2 N–H and O–H groups in total. The average molecular weight is 234 g/mol. The fourth-order valence-corrected chi connectivity index (χ4v) is 1.85. The molecule has 4 heteroatoms. The first kappa shape index (κ1) is 12.1. The molecule has 4 nitrogen and oxygen atoms in total. The number of hydrogen-bond donors (Lipinski definition) is 1. The third-order valence-electron chi connectivity index (χ3n) is 3.27. The van der Waals surface area contributed by atoms with Crippen molar-refractivity contribution in [3.63, 3.8) is 0 Å². The molecule has 1 aliphatic heterocycles. The number of ether oxygens (including phenoxy) is 1. The number of rotatable bonds is 4. The molecule has 0 saturated carbocycles. The van der Waals surface area contributed by atoms with Crippen molar-refractivity contribution in [1.82, 2.24) is 4.90 Å². The van der Waals surface area contributed by atoms with Crippen molar-refractivity contribution < 1.29 is 9.53 Å². The van der Waals surface area contributed by atoms with E-state index in [4.69, 9.17) is 10.5 Å². The molecule has 0 spiro atoms. The zero-order chi connectivity index (χ0) is 12.3. The number of likely N-dealkylation sites (N-methyl/N-ethyl adjacent to an activating group) is 1. The maximum atomic E-state index is 11.7. The molecule has 0 aromatic heterocycles. The summed E-state index contributed by atoms with van der Waals surface area (Å²) in [4.78, 5) is 13.9. The summed E-state index contributed by atoms with van der Waals surface area (Å²) in [6.07, 6.45) is 1.09. The van der Waals surface area contributed by atoms with E-state index in [1.807, 2.05) is 37.4 Å². The van der Waals surface area contributed by atoms with E-state index in [9.17, 15) is 4.79 Å². The van der Waals surface area contributed by atoms with Gasteiger partial charge in [-0.25, -0.2) is 4.79 Å². The average Bonchev–Trinajstić information content (AvgIpc) is 2.37. The van der Waals surface area contributed by atoms with Crippen LogP contribution in [0.4, 0.5) is 0 Å². The van der Waals surface area contributed by atoms with E-state index in [1.165, 1.54) is 0 Å². The largest absolute Gasteiger partial charge is 0.463 e. The maximum Gasteiger partial charge on any atom is 0.327 e. The van der Waals surface area contributed by atoms with Crippen LogP contribution >= 0.6 is 0 Å². The Bertz CT molecular complexity index is 380. The van der Waals surface area contributed by atoms with Gasteiger partial charge in [0, 0.05) is 6.04 Å². The van der Waals surface area contributed by atoms with Gasteiger partial charge >= 0.3 is 5.97 Å². The van der Waals surface area contributed by atoms with E-state index >= 15 is 0 Å². The topological polar surface area (TPSA) is 55.6 Å². The van der Waals surface area contributed by atoms with Crippen LogP contribution in [0.2, 0.25) is 0 Å². The zero-order valence-corrected chi connectivity index (χ0v) is 10.0. The minimum absolute atomic E-state index is 0.350. The zero-order valence-electron chi connectivity index (χ0n) is 10.0. The maximum absolute atomic E-state index is 11.7. The van der Waals surface area contributed by atoms with Crippen molar-refractivity contribution in [2.75, 3.05) is 20.2 Å². The quantitative estimate of drug-likeness (QED) is 0.788. The summed E-state index contributed by atoms with van der Waals surface area (Å²) in [7, 11) is 2.03. The number of nitrogens with zero attached hydrogens (tertiary/aromatic N) is 1. The standard InChI is InChI=1S/C13H18N2O2/c1-15-8-7-11(15)9-17-13(16)12(14)10-5-3-2-4-6-10/h2-6,11-12H,7-9,14H2,1H3. The first-order valence-electron chi connectivity index (χ1n) is 5.86. The third-order valence-corrected chi connectivity index (χ3v) is 3.27. The fraction of sp³-hybridized carbons (Fsp3) is 0.462. The van der Waals surface area contributed by atoms with Crippen LogP contribution in [0, 0.1) is 0 Å². The number of carbonyl (C=O) groups excluding carboxylic acids is 1. The molecule has 92 valence electrons. The summed E-state index contributed by atoms with van der Waals surface area (Å²) >= 11 is 0. The minimum atomic E-state index is -0.679. The number of carbonyl (C=O) groups is 1. The Labute approximate surface area is 101 Å². The van der Waals surface area contributed by atoms with Gasteiger partial charge in [0.25, 0.3) is 0 Å². The smallest absolute Gasteiger partial charge is 0.327 e. The third kappa shape index (κ3) is 2.84. The van der Waals surface area contributed by atoms with Crippen molar-refractivity contribution in [1.29, 1.82) is 0 Å². The van der Waals surface area contributed by atoms with Crippen LogP contribution in [0.5, 0.6) is 0 Å². The summed E-state index contributed by atoms with van der Waals surface area (Å²) < 4.78 is 5.23. The van der Waals surface area contributed by atoms with Crippen LogP contribution in [-0.4, -0.2) is 37.1 Å². The lowest BCUT2D eigenvalue weighted by Crippen LogP contribution is -2.48. The van der Waals surface area contributed by atoms with Gasteiger partial charge in [0.05, 0.1) is 0 Å². The second-order valence-electron chi connectivity index (χ2n) is 4.44. The molecule has 2 unspecified atom stereocenters. The van der Waals surface area contributed by atoms with E-state index < -0.39 is 6.04 Å². The van der Waals surface area contributed by atoms with Gasteiger partial charge in [-0.1, -0.05) is 30.3 Å². The Morgan fingerprint density at radius 3 is 2.76 bits per heavy atom. The Kier molecular flexibility index (Phi) is 3.76. The van der Waals surface area contributed by atoms with E-state index in [-0.39, 0.29) is 5.97 Å².